The number of carbonyl (C=O) groups is 1. The number of aliphatic imine (C=N–C) groups is 1. The van der Waals surface area contributed by atoms with Crippen molar-refractivity contribution in [2.75, 3.05) is 6.54 Å². The molecule has 0 saturated heterocycles. The first kappa shape index (κ1) is 14.6. The van der Waals surface area contributed by atoms with Gasteiger partial charge in [-0.25, -0.2) is 9.79 Å². The van der Waals surface area contributed by atoms with E-state index in [1.807, 2.05) is 25.1 Å². The topological polar surface area (TPSA) is 41.9 Å². The predicted molar refractivity (Wildman–Crippen MR) is 92.0 cm³/mol. The van der Waals surface area contributed by atoms with Crippen molar-refractivity contribution in [2.45, 2.75) is 32.6 Å². The molecule has 0 aromatic heterocycles. The van der Waals surface area contributed by atoms with Gasteiger partial charge in [0.2, 0.25) is 0 Å². The number of rotatable bonds is 2. The summed E-state index contributed by atoms with van der Waals surface area (Å²) in [7, 11) is 0. The number of amidine groups is 1. The van der Waals surface area contributed by atoms with Crippen molar-refractivity contribution in [2.24, 2.45) is 4.99 Å². The van der Waals surface area contributed by atoms with Gasteiger partial charge >= 0.3 is 5.97 Å². The molecule has 0 bridgehead atoms. The predicted octanol–water partition coefficient (Wildman–Crippen LogP) is 4.07. The van der Waals surface area contributed by atoms with Gasteiger partial charge in [0.1, 0.15) is 10.7 Å². The highest BCUT2D eigenvalue weighted by atomic mass is 32.2. The van der Waals surface area contributed by atoms with Gasteiger partial charge < -0.3 is 9.64 Å². The highest BCUT2D eigenvalue weighted by Gasteiger charge is 2.35. The largest absolute Gasteiger partial charge is 0.423 e. The molecule has 1 aromatic rings. The summed E-state index contributed by atoms with van der Waals surface area (Å²) in [5, 5.41) is 0.920. The summed E-state index contributed by atoms with van der Waals surface area (Å²) in [4.78, 5) is 20.1. The monoisotopic (exact) mass is 326 g/mol. The minimum Gasteiger partial charge on any atom is -0.423 e. The molecule has 1 aliphatic carbocycles. The van der Waals surface area contributed by atoms with E-state index in [4.69, 9.17) is 9.73 Å². The minimum absolute atomic E-state index is 0.297. The lowest BCUT2D eigenvalue weighted by molar-refractivity contribution is -0.129. The van der Waals surface area contributed by atoms with Crippen LogP contribution in [-0.4, -0.2) is 22.6 Å². The van der Waals surface area contributed by atoms with Crippen LogP contribution in [0.15, 0.2) is 57.2 Å². The fraction of sp³-hybridized carbons (Fsp3) is 0.333. The first-order valence-electron chi connectivity index (χ1n) is 7.95. The Balaban J connectivity index is 1.55. The molecule has 0 amide bonds. The zero-order chi connectivity index (χ0) is 15.8. The van der Waals surface area contributed by atoms with Gasteiger partial charge in [0.15, 0.2) is 5.17 Å². The third-order valence-electron chi connectivity index (χ3n) is 4.43. The number of esters is 1. The molecule has 0 spiro atoms. The minimum atomic E-state index is -0.297. The summed E-state index contributed by atoms with van der Waals surface area (Å²) in [5.41, 5.74) is 3.62. The van der Waals surface area contributed by atoms with Crippen molar-refractivity contribution < 1.29 is 9.53 Å². The first-order chi connectivity index (χ1) is 11.2. The number of benzene rings is 1. The maximum atomic E-state index is 12.5. The van der Waals surface area contributed by atoms with Crippen LogP contribution >= 0.6 is 11.8 Å². The highest BCUT2D eigenvalue weighted by Crippen LogP contribution is 2.41. The molecular formula is C18H18N2O2S. The molecule has 5 heteroatoms. The summed E-state index contributed by atoms with van der Waals surface area (Å²) in [6, 6.07) is 9.20. The zero-order valence-corrected chi connectivity index (χ0v) is 13.9. The Labute approximate surface area is 139 Å². The van der Waals surface area contributed by atoms with Crippen LogP contribution in [0.5, 0.6) is 5.75 Å². The van der Waals surface area contributed by atoms with Crippen molar-refractivity contribution in [3.63, 3.8) is 0 Å². The number of hydrogen-bond donors (Lipinski definition) is 0. The number of para-hydroxylation sites is 1. The molecule has 0 N–H and O–H groups in total. The Morgan fingerprint density at radius 1 is 1.22 bits per heavy atom. The van der Waals surface area contributed by atoms with Crippen molar-refractivity contribution in [1.29, 1.82) is 0 Å². The van der Waals surface area contributed by atoms with Crippen LogP contribution in [0.3, 0.4) is 0 Å². The average molecular weight is 326 g/mol. The third-order valence-corrected chi connectivity index (χ3v) is 5.59. The number of ether oxygens (including phenoxy) is 1. The van der Waals surface area contributed by atoms with E-state index in [-0.39, 0.29) is 5.97 Å². The normalized spacial score (nSPS) is 20.2. The standard InChI is InChI=1S/C18H18N2O2S/c1-12-16(17(21)22-14-8-3-2-4-9-14)23-18-19-15-10-6-5-7-13(15)11-20(12)18/h2-4,8-9H,5-7,10-11H2,1H3. The van der Waals surface area contributed by atoms with E-state index in [1.54, 1.807) is 12.1 Å². The van der Waals surface area contributed by atoms with E-state index in [9.17, 15) is 4.79 Å². The van der Waals surface area contributed by atoms with Crippen LogP contribution in [0.25, 0.3) is 0 Å². The van der Waals surface area contributed by atoms with Crippen LogP contribution in [0.4, 0.5) is 0 Å². The Hall–Kier alpha value is -2.01. The molecule has 0 atom stereocenters. The Morgan fingerprint density at radius 3 is 2.83 bits per heavy atom. The molecule has 23 heavy (non-hydrogen) atoms. The summed E-state index contributed by atoms with van der Waals surface area (Å²) in [6.45, 7) is 2.85. The molecule has 4 rings (SSSR count). The molecule has 0 unspecified atom stereocenters. The van der Waals surface area contributed by atoms with Gasteiger partial charge in [-0.05, 0) is 62.1 Å². The molecule has 2 heterocycles. The van der Waals surface area contributed by atoms with E-state index in [0.29, 0.717) is 10.7 Å². The van der Waals surface area contributed by atoms with Gasteiger partial charge in [0, 0.05) is 17.9 Å². The van der Waals surface area contributed by atoms with Gasteiger partial charge in [0.25, 0.3) is 0 Å². The second-order valence-electron chi connectivity index (χ2n) is 5.96. The number of hydrogen-bond acceptors (Lipinski definition) is 5. The number of fused-ring (bicyclic) bond motifs is 1. The van der Waals surface area contributed by atoms with E-state index < -0.39 is 0 Å². The molecule has 2 aliphatic heterocycles. The van der Waals surface area contributed by atoms with E-state index in [0.717, 1.165) is 30.3 Å². The number of allylic oxidation sites excluding steroid dienone is 2. The Bertz CT molecular complexity index is 750. The lowest BCUT2D eigenvalue weighted by Gasteiger charge is -2.29. The molecule has 3 aliphatic rings. The summed E-state index contributed by atoms with van der Waals surface area (Å²) >= 11 is 1.43. The van der Waals surface area contributed by atoms with Crippen molar-refractivity contribution in [1.82, 2.24) is 4.90 Å². The Kier molecular flexibility index (Phi) is 3.73. The van der Waals surface area contributed by atoms with Gasteiger partial charge in [-0.1, -0.05) is 18.2 Å². The van der Waals surface area contributed by atoms with Gasteiger partial charge in [0.05, 0.1) is 0 Å². The van der Waals surface area contributed by atoms with E-state index in [1.165, 1.54) is 35.9 Å². The second kappa shape index (κ2) is 5.89. The van der Waals surface area contributed by atoms with Gasteiger partial charge in [-0.15, -0.1) is 0 Å². The quantitative estimate of drug-likeness (QED) is 0.607. The zero-order valence-electron chi connectivity index (χ0n) is 13.0. The van der Waals surface area contributed by atoms with Crippen LogP contribution in [0.2, 0.25) is 0 Å². The maximum absolute atomic E-state index is 12.5. The summed E-state index contributed by atoms with van der Waals surface area (Å²) in [5.74, 6) is 0.274. The van der Waals surface area contributed by atoms with E-state index >= 15 is 0 Å². The molecule has 0 fully saturated rings. The summed E-state index contributed by atoms with van der Waals surface area (Å²) < 4.78 is 5.48. The van der Waals surface area contributed by atoms with Crippen molar-refractivity contribution in [3.8, 4) is 5.75 Å². The molecular weight excluding hydrogens is 308 g/mol. The molecule has 1 aromatic carbocycles. The molecule has 0 saturated carbocycles. The Morgan fingerprint density at radius 2 is 2.00 bits per heavy atom. The molecule has 118 valence electrons. The number of nitrogens with zero attached hydrogens (tertiary/aromatic N) is 2. The van der Waals surface area contributed by atoms with Gasteiger partial charge in [-0.2, -0.15) is 0 Å². The fourth-order valence-corrected chi connectivity index (χ4v) is 4.18. The number of thioether (sulfide) groups is 1. The lowest BCUT2D eigenvalue weighted by atomic mass is 9.95. The average Bonchev–Trinajstić information content (AvgIpc) is 2.90. The SMILES string of the molecule is CC1=C(C(=O)Oc2ccccc2)SC2=NC3=C(CCCC3)CN21. The van der Waals surface area contributed by atoms with Crippen LogP contribution in [0, 0.1) is 0 Å². The van der Waals surface area contributed by atoms with Crippen LogP contribution in [-0.2, 0) is 4.79 Å². The second-order valence-corrected chi connectivity index (χ2v) is 6.93. The molecule has 4 nitrogen and oxygen atoms in total. The molecule has 0 radical (unpaired) electrons. The number of carbonyl (C=O) groups excluding carboxylic acids is 1. The smallest absolute Gasteiger partial charge is 0.352 e. The van der Waals surface area contributed by atoms with E-state index in [2.05, 4.69) is 4.90 Å². The van der Waals surface area contributed by atoms with Crippen LogP contribution in [0.1, 0.15) is 32.6 Å². The van der Waals surface area contributed by atoms with Gasteiger partial charge in [-0.3, -0.25) is 0 Å². The fourth-order valence-electron chi connectivity index (χ4n) is 3.15. The van der Waals surface area contributed by atoms with Crippen LogP contribution < -0.4 is 4.74 Å². The first-order valence-corrected chi connectivity index (χ1v) is 8.77. The highest BCUT2D eigenvalue weighted by molar-refractivity contribution is 8.18. The van der Waals surface area contributed by atoms with Crippen molar-refractivity contribution >= 4 is 22.9 Å². The third kappa shape index (κ3) is 2.70. The van der Waals surface area contributed by atoms with Crippen molar-refractivity contribution in [3.05, 3.63) is 52.2 Å². The summed E-state index contributed by atoms with van der Waals surface area (Å²) in [6.07, 6.45) is 4.66. The maximum Gasteiger partial charge on any atom is 0.352 e. The lowest BCUT2D eigenvalue weighted by Crippen LogP contribution is -2.30.